The van der Waals surface area contributed by atoms with Crippen LogP contribution >= 0.6 is 11.3 Å². The van der Waals surface area contributed by atoms with E-state index < -0.39 is 48.0 Å². The van der Waals surface area contributed by atoms with Gasteiger partial charge in [0.15, 0.2) is 0 Å². The predicted molar refractivity (Wildman–Crippen MR) is 114 cm³/mol. The third-order valence-corrected chi connectivity index (χ3v) is 6.02. The standard InChI is InChI=1S/C21H20F3N3O6S/c1-4-32-17(29)16-11(2)9-15(34-16)25-14(28)10-27-18(30)20(3,26-19(27)31)12-5-7-13(8-6-12)33-21(22,23)24/h5-9H,4,10H2,1-3H3,(H,25,28)(H,26,31). The first-order chi connectivity index (χ1) is 15.8. The average Bonchev–Trinajstić information content (AvgIpc) is 3.20. The lowest BCUT2D eigenvalue weighted by atomic mass is 9.92. The Morgan fingerprint density at radius 3 is 2.44 bits per heavy atom. The third-order valence-electron chi connectivity index (χ3n) is 4.88. The summed E-state index contributed by atoms with van der Waals surface area (Å²) in [5.41, 5.74) is -0.791. The molecule has 1 unspecified atom stereocenters. The first-order valence-electron chi connectivity index (χ1n) is 9.92. The van der Waals surface area contributed by atoms with Crippen molar-refractivity contribution in [3.05, 3.63) is 46.3 Å². The highest BCUT2D eigenvalue weighted by Gasteiger charge is 2.49. The maximum atomic E-state index is 13.0. The molecule has 0 aliphatic carbocycles. The number of alkyl halides is 3. The molecular formula is C21H20F3N3O6S. The van der Waals surface area contributed by atoms with Gasteiger partial charge in [-0.15, -0.1) is 24.5 Å². The molecule has 9 nitrogen and oxygen atoms in total. The molecule has 0 saturated carbocycles. The highest BCUT2D eigenvalue weighted by molar-refractivity contribution is 7.18. The molecule has 2 heterocycles. The number of aryl methyl sites for hydroxylation is 1. The molecule has 4 amide bonds. The summed E-state index contributed by atoms with van der Waals surface area (Å²) < 4.78 is 45.8. The SMILES string of the molecule is CCOC(=O)c1sc(NC(=O)CN2C(=O)NC(C)(c3ccc(OC(F)(F)F)cc3)C2=O)cc1C. The van der Waals surface area contributed by atoms with Gasteiger partial charge in [0, 0.05) is 0 Å². The molecule has 182 valence electrons. The van der Waals surface area contributed by atoms with Crippen molar-refractivity contribution in [2.45, 2.75) is 32.7 Å². The zero-order chi connectivity index (χ0) is 25.3. The van der Waals surface area contributed by atoms with Gasteiger partial charge in [-0.2, -0.15) is 0 Å². The number of nitrogens with one attached hydrogen (secondary N) is 2. The number of benzene rings is 1. The number of carbonyl (C=O) groups is 4. The van der Waals surface area contributed by atoms with E-state index in [2.05, 4.69) is 15.4 Å². The number of rotatable bonds is 7. The van der Waals surface area contributed by atoms with Gasteiger partial charge in [-0.05, 0) is 50.1 Å². The number of imide groups is 1. The van der Waals surface area contributed by atoms with Gasteiger partial charge in [0.25, 0.3) is 5.91 Å². The van der Waals surface area contributed by atoms with Crippen LogP contribution < -0.4 is 15.4 Å². The first-order valence-corrected chi connectivity index (χ1v) is 10.7. The molecule has 0 bridgehead atoms. The van der Waals surface area contributed by atoms with E-state index in [1.807, 2.05) is 0 Å². The second kappa shape index (κ2) is 9.33. The molecule has 1 fully saturated rings. The number of hydrogen-bond acceptors (Lipinski definition) is 7. The molecule has 1 aliphatic rings. The van der Waals surface area contributed by atoms with E-state index in [0.29, 0.717) is 20.3 Å². The molecule has 1 atom stereocenters. The number of esters is 1. The van der Waals surface area contributed by atoms with Gasteiger partial charge in [-0.3, -0.25) is 14.5 Å². The van der Waals surface area contributed by atoms with Crippen LogP contribution in [0.3, 0.4) is 0 Å². The minimum Gasteiger partial charge on any atom is -0.462 e. The Bertz CT molecular complexity index is 1130. The number of ether oxygens (including phenoxy) is 2. The Morgan fingerprint density at radius 2 is 1.85 bits per heavy atom. The van der Waals surface area contributed by atoms with Crippen molar-refractivity contribution in [2.24, 2.45) is 0 Å². The van der Waals surface area contributed by atoms with E-state index in [1.165, 1.54) is 19.1 Å². The highest BCUT2D eigenvalue weighted by Crippen LogP contribution is 2.32. The zero-order valence-corrected chi connectivity index (χ0v) is 19.1. The largest absolute Gasteiger partial charge is 0.573 e. The molecule has 3 rings (SSSR count). The topological polar surface area (TPSA) is 114 Å². The number of amides is 4. The van der Waals surface area contributed by atoms with Gasteiger partial charge >= 0.3 is 18.4 Å². The minimum atomic E-state index is -4.87. The van der Waals surface area contributed by atoms with E-state index in [1.54, 1.807) is 19.9 Å². The Labute approximate surface area is 195 Å². The number of carbonyl (C=O) groups excluding carboxylic acids is 4. The van der Waals surface area contributed by atoms with E-state index in [9.17, 15) is 32.3 Å². The van der Waals surface area contributed by atoms with Crippen LogP contribution in [-0.2, 0) is 19.9 Å². The lowest BCUT2D eigenvalue weighted by Gasteiger charge is -2.22. The van der Waals surface area contributed by atoms with Crippen LogP contribution in [0.5, 0.6) is 5.75 Å². The van der Waals surface area contributed by atoms with E-state index in [-0.39, 0.29) is 12.2 Å². The van der Waals surface area contributed by atoms with Crippen molar-refractivity contribution >= 4 is 40.2 Å². The lowest BCUT2D eigenvalue weighted by molar-refractivity contribution is -0.274. The van der Waals surface area contributed by atoms with Crippen molar-refractivity contribution in [2.75, 3.05) is 18.5 Å². The summed E-state index contributed by atoms with van der Waals surface area (Å²) in [7, 11) is 0. The molecule has 0 radical (unpaired) electrons. The number of nitrogens with zero attached hydrogens (tertiary/aromatic N) is 1. The summed E-state index contributed by atoms with van der Waals surface area (Å²) in [5.74, 6) is -2.45. The van der Waals surface area contributed by atoms with Crippen molar-refractivity contribution in [3.8, 4) is 5.75 Å². The number of halogens is 3. The summed E-state index contributed by atoms with van der Waals surface area (Å²) in [5, 5.41) is 5.33. The summed E-state index contributed by atoms with van der Waals surface area (Å²) in [4.78, 5) is 50.8. The van der Waals surface area contributed by atoms with E-state index in [0.717, 1.165) is 23.5 Å². The maximum absolute atomic E-state index is 13.0. The van der Waals surface area contributed by atoms with Crippen LogP contribution in [-0.4, -0.2) is 48.2 Å². The van der Waals surface area contributed by atoms with Crippen LogP contribution in [0.25, 0.3) is 0 Å². The number of anilines is 1. The van der Waals surface area contributed by atoms with Crippen molar-refractivity contribution in [1.29, 1.82) is 0 Å². The van der Waals surface area contributed by atoms with Crippen molar-refractivity contribution in [3.63, 3.8) is 0 Å². The monoisotopic (exact) mass is 499 g/mol. The molecule has 1 aliphatic heterocycles. The molecule has 1 saturated heterocycles. The van der Waals surface area contributed by atoms with Crippen molar-refractivity contribution in [1.82, 2.24) is 10.2 Å². The summed E-state index contributed by atoms with van der Waals surface area (Å²) in [6.45, 7) is 4.30. The molecule has 0 spiro atoms. The minimum absolute atomic E-state index is 0.195. The second-order valence-electron chi connectivity index (χ2n) is 7.41. The highest BCUT2D eigenvalue weighted by atomic mass is 32.1. The van der Waals surface area contributed by atoms with Crippen LogP contribution in [0.15, 0.2) is 30.3 Å². The van der Waals surface area contributed by atoms with E-state index >= 15 is 0 Å². The van der Waals surface area contributed by atoms with Gasteiger partial charge in [0.05, 0.1) is 11.6 Å². The molecule has 1 aromatic carbocycles. The number of hydrogen-bond donors (Lipinski definition) is 2. The maximum Gasteiger partial charge on any atom is 0.573 e. The lowest BCUT2D eigenvalue weighted by Crippen LogP contribution is -2.42. The van der Waals surface area contributed by atoms with E-state index in [4.69, 9.17) is 4.74 Å². The Morgan fingerprint density at radius 1 is 1.21 bits per heavy atom. The summed E-state index contributed by atoms with van der Waals surface area (Å²) in [6.07, 6.45) is -4.87. The zero-order valence-electron chi connectivity index (χ0n) is 18.2. The third kappa shape index (κ3) is 5.30. The van der Waals surface area contributed by atoms with Gasteiger partial charge in [-0.1, -0.05) is 12.1 Å². The second-order valence-corrected chi connectivity index (χ2v) is 8.46. The molecule has 2 N–H and O–H groups in total. The average molecular weight is 499 g/mol. The Balaban J connectivity index is 1.69. The molecule has 34 heavy (non-hydrogen) atoms. The Kier molecular flexibility index (Phi) is 6.87. The molecule has 13 heteroatoms. The van der Waals surface area contributed by atoms with Crippen LogP contribution in [0.1, 0.15) is 34.6 Å². The first kappa shape index (κ1) is 25.0. The Hall–Kier alpha value is -3.61. The van der Waals surface area contributed by atoms with Crippen LogP contribution in [0, 0.1) is 6.92 Å². The molecule has 1 aromatic heterocycles. The summed E-state index contributed by atoms with van der Waals surface area (Å²) >= 11 is 0.995. The molecule has 2 aromatic rings. The van der Waals surface area contributed by atoms with Crippen molar-refractivity contribution < 1.29 is 41.8 Å². The fraction of sp³-hybridized carbons (Fsp3) is 0.333. The predicted octanol–water partition coefficient (Wildman–Crippen LogP) is 3.54. The summed E-state index contributed by atoms with van der Waals surface area (Å²) in [6, 6.07) is 5.19. The van der Waals surface area contributed by atoms with Gasteiger partial charge in [0.1, 0.15) is 22.7 Å². The smallest absolute Gasteiger partial charge is 0.462 e. The molecular weight excluding hydrogens is 479 g/mol. The fourth-order valence-corrected chi connectivity index (χ4v) is 4.27. The van der Waals surface area contributed by atoms with Gasteiger partial charge in [-0.25, -0.2) is 9.59 Å². The quantitative estimate of drug-likeness (QED) is 0.445. The van der Waals surface area contributed by atoms with Gasteiger partial charge < -0.3 is 20.1 Å². The normalized spacial score (nSPS) is 18.0. The number of urea groups is 1. The van der Waals surface area contributed by atoms with Crippen LogP contribution in [0.4, 0.5) is 23.0 Å². The fourth-order valence-electron chi connectivity index (χ4n) is 3.29. The van der Waals surface area contributed by atoms with Crippen LogP contribution in [0.2, 0.25) is 0 Å². The number of thiophene rings is 1. The van der Waals surface area contributed by atoms with Gasteiger partial charge in [0.2, 0.25) is 5.91 Å².